The van der Waals surface area contributed by atoms with Gasteiger partial charge in [0.2, 0.25) is 5.91 Å². The molecule has 0 saturated carbocycles. The van der Waals surface area contributed by atoms with Crippen LogP contribution < -0.4 is 0 Å². The molecule has 1 aliphatic rings. The number of aromatic nitrogens is 2. The molecule has 1 fully saturated rings. The van der Waals surface area contributed by atoms with Crippen LogP contribution in [0.2, 0.25) is 0 Å². The average molecular weight is 316 g/mol. The van der Waals surface area contributed by atoms with Crippen LogP contribution in [0, 0.1) is 0 Å². The second-order valence-electron chi connectivity index (χ2n) is 5.87. The number of imidazole rings is 1. The van der Waals surface area contributed by atoms with E-state index in [9.17, 15) is 4.79 Å². The van der Waals surface area contributed by atoms with E-state index in [1.807, 2.05) is 30.0 Å². The van der Waals surface area contributed by atoms with Crippen molar-refractivity contribution in [3.05, 3.63) is 30.1 Å². The summed E-state index contributed by atoms with van der Waals surface area (Å²) in [5.74, 6) is 1.16. The SMILES string of the molecule is CCOCC(=O)N1CCN(Cc2nc3ccccc3n2C)CC1. The van der Waals surface area contributed by atoms with Crippen LogP contribution in [0.25, 0.3) is 11.0 Å². The number of hydrogen-bond donors (Lipinski definition) is 0. The first-order chi connectivity index (χ1) is 11.2. The van der Waals surface area contributed by atoms with E-state index in [0.717, 1.165) is 49.6 Å². The molecule has 2 aromatic rings. The minimum absolute atomic E-state index is 0.0919. The molecule has 0 unspecified atom stereocenters. The first-order valence-electron chi connectivity index (χ1n) is 8.17. The maximum Gasteiger partial charge on any atom is 0.248 e. The summed E-state index contributed by atoms with van der Waals surface area (Å²) in [5, 5.41) is 0. The second kappa shape index (κ2) is 7.10. The Labute approximate surface area is 136 Å². The van der Waals surface area contributed by atoms with Crippen LogP contribution in [0.15, 0.2) is 24.3 Å². The molecule has 0 radical (unpaired) electrons. The molecule has 124 valence electrons. The number of fused-ring (bicyclic) bond motifs is 1. The van der Waals surface area contributed by atoms with Crippen LogP contribution >= 0.6 is 0 Å². The maximum absolute atomic E-state index is 12.0. The van der Waals surface area contributed by atoms with Gasteiger partial charge in [0, 0.05) is 39.8 Å². The largest absolute Gasteiger partial charge is 0.372 e. The predicted molar refractivity (Wildman–Crippen MR) is 89.1 cm³/mol. The van der Waals surface area contributed by atoms with Gasteiger partial charge >= 0.3 is 0 Å². The zero-order valence-corrected chi connectivity index (χ0v) is 13.9. The van der Waals surface area contributed by atoms with Gasteiger partial charge in [0.05, 0.1) is 17.6 Å². The van der Waals surface area contributed by atoms with Gasteiger partial charge in [0.1, 0.15) is 12.4 Å². The van der Waals surface area contributed by atoms with E-state index in [2.05, 4.69) is 22.6 Å². The Kier molecular flexibility index (Phi) is 4.93. The average Bonchev–Trinajstić information content (AvgIpc) is 2.90. The summed E-state index contributed by atoms with van der Waals surface area (Å²) >= 11 is 0. The van der Waals surface area contributed by atoms with Crippen molar-refractivity contribution in [2.45, 2.75) is 13.5 Å². The topological polar surface area (TPSA) is 50.6 Å². The number of hydrogen-bond acceptors (Lipinski definition) is 4. The van der Waals surface area contributed by atoms with E-state index >= 15 is 0 Å². The molecule has 0 bridgehead atoms. The van der Waals surface area contributed by atoms with E-state index in [4.69, 9.17) is 9.72 Å². The highest BCUT2D eigenvalue weighted by atomic mass is 16.5. The number of piperazine rings is 1. The lowest BCUT2D eigenvalue weighted by Gasteiger charge is -2.34. The van der Waals surface area contributed by atoms with Gasteiger partial charge in [-0.3, -0.25) is 9.69 Å². The lowest BCUT2D eigenvalue weighted by atomic mass is 10.3. The highest BCUT2D eigenvalue weighted by Crippen LogP contribution is 2.16. The maximum atomic E-state index is 12.0. The molecule has 6 heteroatoms. The summed E-state index contributed by atoms with van der Waals surface area (Å²) in [5.41, 5.74) is 2.20. The van der Waals surface area contributed by atoms with Crippen LogP contribution in [0.5, 0.6) is 0 Å². The summed E-state index contributed by atoms with van der Waals surface area (Å²) in [4.78, 5) is 20.9. The monoisotopic (exact) mass is 316 g/mol. The van der Waals surface area contributed by atoms with E-state index in [1.54, 1.807) is 0 Å². The summed E-state index contributed by atoms with van der Waals surface area (Å²) in [6.45, 7) is 6.77. The molecule has 0 aliphatic carbocycles. The number of ether oxygens (including phenoxy) is 1. The molecule has 2 heterocycles. The Morgan fingerprint density at radius 1 is 1.22 bits per heavy atom. The van der Waals surface area contributed by atoms with Gasteiger partial charge in [-0.25, -0.2) is 4.98 Å². The van der Waals surface area contributed by atoms with Crippen molar-refractivity contribution >= 4 is 16.9 Å². The Morgan fingerprint density at radius 3 is 2.65 bits per heavy atom. The summed E-state index contributed by atoms with van der Waals surface area (Å²) < 4.78 is 7.36. The first kappa shape index (κ1) is 16.0. The number of amides is 1. The number of aryl methyl sites for hydroxylation is 1. The molecule has 6 nitrogen and oxygen atoms in total. The standard InChI is InChI=1S/C17H24N4O2/c1-3-23-13-17(22)21-10-8-20(9-11-21)12-16-18-14-6-4-5-7-15(14)19(16)2/h4-7H,3,8-13H2,1-2H3. The molecule has 0 spiro atoms. The molecule has 0 atom stereocenters. The zero-order valence-electron chi connectivity index (χ0n) is 13.9. The van der Waals surface area contributed by atoms with Crippen LogP contribution in [0.4, 0.5) is 0 Å². The first-order valence-corrected chi connectivity index (χ1v) is 8.17. The van der Waals surface area contributed by atoms with Gasteiger partial charge in [-0.15, -0.1) is 0 Å². The number of nitrogens with zero attached hydrogens (tertiary/aromatic N) is 4. The number of rotatable bonds is 5. The van der Waals surface area contributed by atoms with Gasteiger partial charge in [0.25, 0.3) is 0 Å². The smallest absolute Gasteiger partial charge is 0.248 e. The summed E-state index contributed by atoms with van der Waals surface area (Å²) in [6, 6.07) is 8.19. The summed E-state index contributed by atoms with van der Waals surface area (Å²) in [7, 11) is 2.06. The van der Waals surface area contributed by atoms with Crippen LogP contribution in [-0.4, -0.2) is 64.7 Å². The molecular formula is C17H24N4O2. The van der Waals surface area contributed by atoms with Crippen molar-refractivity contribution in [2.24, 2.45) is 7.05 Å². The number of carbonyl (C=O) groups excluding carboxylic acids is 1. The van der Waals surface area contributed by atoms with Crippen molar-refractivity contribution in [2.75, 3.05) is 39.4 Å². The molecule has 1 aromatic carbocycles. The van der Waals surface area contributed by atoms with Crippen LogP contribution in [0.3, 0.4) is 0 Å². The normalized spacial score (nSPS) is 16.2. The van der Waals surface area contributed by atoms with E-state index in [-0.39, 0.29) is 12.5 Å². The molecule has 3 rings (SSSR count). The van der Waals surface area contributed by atoms with E-state index in [1.165, 1.54) is 0 Å². The highest BCUT2D eigenvalue weighted by Gasteiger charge is 2.22. The second-order valence-corrected chi connectivity index (χ2v) is 5.87. The van der Waals surface area contributed by atoms with Crippen molar-refractivity contribution in [1.82, 2.24) is 19.4 Å². The summed E-state index contributed by atoms with van der Waals surface area (Å²) in [6.07, 6.45) is 0. The van der Waals surface area contributed by atoms with E-state index in [0.29, 0.717) is 6.61 Å². The quantitative estimate of drug-likeness (QED) is 0.833. The van der Waals surface area contributed by atoms with Crippen molar-refractivity contribution < 1.29 is 9.53 Å². The molecule has 23 heavy (non-hydrogen) atoms. The molecule has 1 amide bonds. The van der Waals surface area contributed by atoms with Crippen LogP contribution in [-0.2, 0) is 23.1 Å². The van der Waals surface area contributed by atoms with Gasteiger partial charge in [0.15, 0.2) is 0 Å². The molecule has 0 N–H and O–H groups in total. The number of para-hydroxylation sites is 2. The Bertz CT molecular complexity index is 674. The number of benzene rings is 1. The fourth-order valence-electron chi connectivity index (χ4n) is 2.97. The van der Waals surface area contributed by atoms with Gasteiger partial charge in [-0.05, 0) is 19.1 Å². The Morgan fingerprint density at radius 2 is 1.96 bits per heavy atom. The van der Waals surface area contributed by atoms with Gasteiger partial charge in [-0.2, -0.15) is 0 Å². The Balaban J connectivity index is 1.58. The fraction of sp³-hybridized carbons (Fsp3) is 0.529. The third-order valence-corrected chi connectivity index (χ3v) is 4.40. The van der Waals surface area contributed by atoms with Crippen molar-refractivity contribution in [1.29, 1.82) is 0 Å². The van der Waals surface area contributed by atoms with Crippen molar-refractivity contribution in [3.8, 4) is 0 Å². The van der Waals surface area contributed by atoms with Gasteiger partial charge in [-0.1, -0.05) is 12.1 Å². The van der Waals surface area contributed by atoms with Gasteiger partial charge < -0.3 is 14.2 Å². The fourth-order valence-corrected chi connectivity index (χ4v) is 2.97. The molecule has 1 aliphatic heterocycles. The third kappa shape index (κ3) is 3.54. The van der Waals surface area contributed by atoms with Crippen molar-refractivity contribution in [3.63, 3.8) is 0 Å². The third-order valence-electron chi connectivity index (χ3n) is 4.40. The molecule has 1 saturated heterocycles. The lowest BCUT2D eigenvalue weighted by Crippen LogP contribution is -2.49. The zero-order chi connectivity index (χ0) is 16.2. The van der Waals surface area contributed by atoms with E-state index < -0.39 is 0 Å². The Hall–Kier alpha value is -1.92. The molecular weight excluding hydrogens is 292 g/mol. The lowest BCUT2D eigenvalue weighted by molar-refractivity contribution is -0.137. The van der Waals surface area contributed by atoms with Crippen LogP contribution in [0.1, 0.15) is 12.7 Å². The highest BCUT2D eigenvalue weighted by molar-refractivity contribution is 5.77. The minimum Gasteiger partial charge on any atom is -0.372 e. The minimum atomic E-state index is 0.0919. The number of carbonyl (C=O) groups is 1. The molecule has 1 aromatic heterocycles. The predicted octanol–water partition coefficient (Wildman–Crippen LogP) is 1.25.